The summed E-state index contributed by atoms with van der Waals surface area (Å²) in [6.45, 7) is 0. The second-order valence-electron chi connectivity index (χ2n) is 3.81. The van der Waals surface area contributed by atoms with Crippen molar-refractivity contribution in [3.8, 4) is 11.4 Å². The number of alkyl halides is 1. The molecule has 0 spiro atoms. The fraction of sp³-hybridized carbons (Fsp3) is 0.0769. The van der Waals surface area contributed by atoms with Crippen molar-refractivity contribution in [2.24, 2.45) is 0 Å². The number of hydrogen-bond acceptors (Lipinski definition) is 2. The predicted molar refractivity (Wildman–Crippen MR) is 72.0 cm³/mol. The van der Waals surface area contributed by atoms with Gasteiger partial charge < -0.3 is 4.98 Å². The molecule has 17 heavy (non-hydrogen) atoms. The summed E-state index contributed by atoms with van der Waals surface area (Å²) in [5, 5.41) is 0.851. The van der Waals surface area contributed by atoms with E-state index in [1.165, 1.54) is 5.56 Å². The molecule has 3 rings (SSSR count). The molecule has 0 saturated heterocycles. The van der Waals surface area contributed by atoms with E-state index in [0.29, 0.717) is 0 Å². The van der Waals surface area contributed by atoms with Gasteiger partial charge in [-0.15, -0.1) is 0 Å². The van der Waals surface area contributed by atoms with Crippen molar-refractivity contribution in [2.75, 3.05) is 0 Å². The zero-order chi connectivity index (χ0) is 11.7. The van der Waals surface area contributed by atoms with Crippen molar-refractivity contribution in [1.29, 1.82) is 0 Å². The van der Waals surface area contributed by atoms with Crippen LogP contribution >= 0.6 is 15.9 Å². The molecule has 0 saturated carbocycles. The van der Waals surface area contributed by atoms with Gasteiger partial charge in [0.2, 0.25) is 0 Å². The Bertz CT molecular complexity index is 646. The number of H-pyrrole nitrogens is 1. The van der Waals surface area contributed by atoms with Gasteiger partial charge in [0.05, 0.1) is 11.0 Å². The van der Waals surface area contributed by atoms with E-state index in [1.54, 1.807) is 6.20 Å². The molecule has 0 radical (unpaired) electrons. The Morgan fingerprint density at radius 2 is 2.18 bits per heavy atom. The van der Waals surface area contributed by atoms with Crippen molar-refractivity contribution < 1.29 is 0 Å². The van der Waals surface area contributed by atoms with Gasteiger partial charge in [-0.2, -0.15) is 0 Å². The number of halogens is 1. The van der Waals surface area contributed by atoms with Crippen LogP contribution in [0.15, 0.2) is 42.7 Å². The molecule has 0 atom stereocenters. The molecule has 0 aliphatic rings. The number of nitrogens with one attached hydrogen (secondary N) is 1. The number of hydrogen-bond donors (Lipinski definition) is 1. The van der Waals surface area contributed by atoms with E-state index in [-0.39, 0.29) is 0 Å². The second-order valence-corrected chi connectivity index (χ2v) is 4.37. The Kier molecular flexibility index (Phi) is 2.65. The standard InChI is InChI=1S/C13H10BrN3/c14-7-9-3-4-11-12(6-9)17-13(16-11)10-2-1-5-15-8-10/h1-6,8H,7H2,(H,16,17). The molecule has 3 nitrogen and oxygen atoms in total. The maximum Gasteiger partial charge on any atom is 0.140 e. The van der Waals surface area contributed by atoms with Crippen LogP contribution in [0.4, 0.5) is 0 Å². The van der Waals surface area contributed by atoms with Gasteiger partial charge in [-0.1, -0.05) is 22.0 Å². The van der Waals surface area contributed by atoms with Gasteiger partial charge in [-0.25, -0.2) is 4.98 Å². The van der Waals surface area contributed by atoms with Gasteiger partial charge >= 0.3 is 0 Å². The van der Waals surface area contributed by atoms with Crippen LogP contribution in [-0.4, -0.2) is 15.0 Å². The van der Waals surface area contributed by atoms with Crippen molar-refractivity contribution in [3.05, 3.63) is 48.3 Å². The lowest BCUT2D eigenvalue weighted by Gasteiger charge is -1.93. The minimum atomic E-state index is 0.851. The first-order valence-electron chi connectivity index (χ1n) is 5.32. The van der Waals surface area contributed by atoms with E-state index in [0.717, 1.165) is 27.8 Å². The molecule has 3 aromatic rings. The Labute approximate surface area is 107 Å². The average Bonchev–Trinajstić information content (AvgIpc) is 2.82. The summed E-state index contributed by atoms with van der Waals surface area (Å²) in [6, 6.07) is 10.1. The molecule has 84 valence electrons. The summed E-state index contributed by atoms with van der Waals surface area (Å²) in [4.78, 5) is 12.0. The van der Waals surface area contributed by atoms with Crippen LogP contribution in [0.25, 0.3) is 22.4 Å². The monoisotopic (exact) mass is 287 g/mol. The van der Waals surface area contributed by atoms with Crippen molar-refractivity contribution in [3.63, 3.8) is 0 Å². The lowest BCUT2D eigenvalue weighted by molar-refractivity contribution is 1.27. The zero-order valence-electron chi connectivity index (χ0n) is 9.02. The smallest absolute Gasteiger partial charge is 0.140 e. The molecule has 0 fully saturated rings. The van der Waals surface area contributed by atoms with Crippen molar-refractivity contribution in [1.82, 2.24) is 15.0 Å². The van der Waals surface area contributed by atoms with Crippen molar-refractivity contribution >= 4 is 27.0 Å². The van der Waals surface area contributed by atoms with E-state index in [2.05, 4.69) is 43.0 Å². The quantitative estimate of drug-likeness (QED) is 0.733. The number of aromatic nitrogens is 3. The Morgan fingerprint density at radius 3 is 2.94 bits per heavy atom. The summed E-state index contributed by atoms with van der Waals surface area (Å²) in [6.07, 6.45) is 3.57. The molecule has 0 unspecified atom stereocenters. The Morgan fingerprint density at radius 1 is 1.24 bits per heavy atom. The van der Waals surface area contributed by atoms with Gasteiger partial charge in [0, 0.05) is 23.3 Å². The van der Waals surface area contributed by atoms with Crippen LogP contribution in [0, 0.1) is 0 Å². The molecule has 1 aromatic carbocycles. The van der Waals surface area contributed by atoms with Crippen LogP contribution in [0.3, 0.4) is 0 Å². The molecule has 1 N–H and O–H groups in total. The number of nitrogens with zero attached hydrogens (tertiary/aromatic N) is 2. The van der Waals surface area contributed by atoms with Gasteiger partial charge in [-0.05, 0) is 29.8 Å². The number of rotatable bonds is 2. The first kappa shape index (κ1) is 10.5. The normalized spacial score (nSPS) is 10.9. The first-order chi connectivity index (χ1) is 8.36. The Hall–Kier alpha value is -1.68. The van der Waals surface area contributed by atoms with E-state index in [9.17, 15) is 0 Å². The molecule has 0 aliphatic carbocycles. The maximum atomic E-state index is 4.55. The summed E-state index contributed by atoms with van der Waals surface area (Å²) in [5.74, 6) is 0.861. The molecule has 2 heterocycles. The van der Waals surface area contributed by atoms with E-state index in [4.69, 9.17) is 0 Å². The van der Waals surface area contributed by atoms with E-state index >= 15 is 0 Å². The van der Waals surface area contributed by atoms with Crippen LogP contribution in [-0.2, 0) is 5.33 Å². The highest BCUT2D eigenvalue weighted by molar-refractivity contribution is 9.08. The molecule has 2 aromatic heterocycles. The van der Waals surface area contributed by atoms with Gasteiger partial charge in [0.15, 0.2) is 0 Å². The summed E-state index contributed by atoms with van der Waals surface area (Å²) in [5.41, 5.74) is 4.28. The van der Waals surface area contributed by atoms with Gasteiger partial charge in [-0.3, -0.25) is 4.98 Å². The third-order valence-corrected chi connectivity index (χ3v) is 3.28. The topological polar surface area (TPSA) is 41.6 Å². The molecular weight excluding hydrogens is 278 g/mol. The first-order valence-corrected chi connectivity index (χ1v) is 6.44. The molecule has 4 heteroatoms. The van der Waals surface area contributed by atoms with Crippen LogP contribution in [0.2, 0.25) is 0 Å². The second kappa shape index (κ2) is 4.30. The van der Waals surface area contributed by atoms with E-state index < -0.39 is 0 Å². The van der Waals surface area contributed by atoms with Gasteiger partial charge in [0.25, 0.3) is 0 Å². The molecule has 0 amide bonds. The largest absolute Gasteiger partial charge is 0.338 e. The summed E-state index contributed by atoms with van der Waals surface area (Å²) < 4.78 is 0. The Balaban J connectivity index is 2.14. The number of aromatic amines is 1. The highest BCUT2D eigenvalue weighted by Gasteiger charge is 2.05. The van der Waals surface area contributed by atoms with Crippen molar-refractivity contribution in [2.45, 2.75) is 5.33 Å². The lowest BCUT2D eigenvalue weighted by atomic mass is 10.2. The fourth-order valence-corrected chi connectivity index (χ4v) is 2.13. The number of benzene rings is 1. The maximum absolute atomic E-state index is 4.55. The lowest BCUT2D eigenvalue weighted by Crippen LogP contribution is -1.80. The number of pyridine rings is 1. The molecule has 0 bridgehead atoms. The SMILES string of the molecule is BrCc1ccc2nc(-c3cccnc3)[nH]c2c1. The molecule has 0 aliphatic heterocycles. The van der Waals surface area contributed by atoms with Crippen LogP contribution < -0.4 is 0 Å². The zero-order valence-corrected chi connectivity index (χ0v) is 10.6. The fourth-order valence-electron chi connectivity index (χ4n) is 1.78. The van der Waals surface area contributed by atoms with E-state index in [1.807, 2.05) is 24.4 Å². The molecular formula is C13H10BrN3. The summed E-state index contributed by atoms with van der Waals surface area (Å²) in [7, 11) is 0. The minimum absolute atomic E-state index is 0.851. The average molecular weight is 288 g/mol. The predicted octanol–water partition coefficient (Wildman–Crippen LogP) is 3.52. The summed E-state index contributed by atoms with van der Waals surface area (Å²) >= 11 is 3.45. The minimum Gasteiger partial charge on any atom is -0.338 e. The van der Waals surface area contributed by atoms with Gasteiger partial charge in [0.1, 0.15) is 5.82 Å². The van der Waals surface area contributed by atoms with Crippen LogP contribution in [0.5, 0.6) is 0 Å². The number of imidazole rings is 1. The number of fused-ring (bicyclic) bond motifs is 1. The third kappa shape index (κ3) is 1.96. The highest BCUT2D eigenvalue weighted by Crippen LogP contribution is 2.21. The highest BCUT2D eigenvalue weighted by atomic mass is 79.9. The third-order valence-electron chi connectivity index (χ3n) is 2.64. The van der Waals surface area contributed by atoms with Crippen LogP contribution in [0.1, 0.15) is 5.56 Å².